The highest BCUT2D eigenvalue weighted by Crippen LogP contribution is 2.28. The molecule has 1 aromatic carbocycles. The average Bonchev–Trinajstić information content (AvgIpc) is 2.62. The van der Waals surface area contributed by atoms with E-state index in [1.54, 1.807) is 0 Å². The van der Waals surface area contributed by atoms with Crippen molar-refractivity contribution in [1.82, 2.24) is 0 Å². The number of ether oxygens (including phenoxy) is 1. The Bertz CT molecular complexity index is 385. The second kappa shape index (κ2) is 3.62. The minimum Gasteiger partial charge on any atom is -0.465 e. The van der Waals surface area contributed by atoms with Crippen molar-refractivity contribution < 1.29 is 9.53 Å². The summed E-state index contributed by atoms with van der Waals surface area (Å²) in [6, 6.07) is 3.74. The van der Waals surface area contributed by atoms with Gasteiger partial charge in [0.1, 0.15) is 0 Å². The summed E-state index contributed by atoms with van der Waals surface area (Å²) in [5, 5.41) is 0.498. The number of carbonyl (C=O) groups is 1. The van der Waals surface area contributed by atoms with Crippen molar-refractivity contribution in [2.45, 2.75) is 19.3 Å². The molecule has 2 rings (SSSR count). The molecule has 1 aromatic rings. The lowest BCUT2D eigenvalue weighted by Gasteiger charge is -2.05. The van der Waals surface area contributed by atoms with Crippen molar-refractivity contribution in [3.05, 3.63) is 33.8 Å². The Kier molecular flexibility index (Phi) is 2.46. The molecule has 0 aromatic heterocycles. The van der Waals surface area contributed by atoms with Crippen molar-refractivity contribution >= 4 is 17.6 Å². The van der Waals surface area contributed by atoms with E-state index in [0.717, 1.165) is 19.3 Å². The van der Waals surface area contributed by atoms with Crippen molar-refractivity contribution in [3.63, 3.8) is 0 Å². The number of rotatable bonds is 1. The average molecular weight is 211 g/mol. The van der Waals surface area contributed by atoms with Gasteiger partial charge in [0.2, 0.25) is 0 Å². The zero-order valence-corrected chi connectivity index (χ0v) is 8.73. The largest absolute Gasteiger partial charge is 0.465 e. The molecule has 74 valence electrons. The SMILES string of the molecule is COC(=O)c1cc2c(cc1Cl)CCC2. The molecular weight excluding hydrogens is 200 g/mol. The molecule has 0 amide bonds. The quantitative estimate of drug-likeness (QED) is 0.666. The molecule has 1 aliphatic carbocycles. The molecule has 0 heterocycles. The number of hydrogen-bond donors (Lipinski definition) is 0. The van der Waals surface area contributed by atoms with Gasteiger partial charge in [-0.2, -0.15) is 0 Å². The minimum atomic E-state index is -0.357. The number of fused-ring (bicyclic) bond motifs is 1. The maximum absolute atomic E-state index is 11.3. The van der Waals surface area contributed by atoms with E-state index in [-0.39, 0.29) is 5.97 Å². The monoisotopic (exact) mass is 210 g/mol. The van der Waals surface area contributed by atoms with Gasteiger partial charge in [0.15, 0.2) is 0 Å². The predicted molar refractivity (Wildman–Crippen MR) is 54.8 cm³/mol. The van der Waals surface area contributed by atoms with Crippen LogP contribution in [0.2, 0.25) is 5.02 Å². The second-order valence-electron chi connectivity index (χ2n) is 3.45. The Morgan fingerprint density at radius 1 is 1.36 bits per heavy atom. The highest BCUT2D eigenvalue weighted by Gasteiger charge is 2.17. The van der Waals surface area contributed by atoms with Crippen LogP contribution in [-0.2, 0) is 17.6 Å². The first-order valence-corrected chi connectivity index (χ1v) is 5.00. The van der Waals surface area contributed by atoms with Gasteiger partial charge in [0, 0.05) is 0 Å². The lowest BCUT2D eigenvalue weighted by Crippen LogP contribution is -2.03. The molecule has 0 unspecified atom stereocenters. The third-order valence-electron chi connectivity index (χ3n) is 2.59. The van der Waals surface area contributed by atoms with Crippen molar-refractivity contribution in [2.75, 3.05) is 7.11 Å². The summed E-state index contributed by atoms with van der Waals surface area (Å²) in [7, 11) is 1.37. The van der Waals surface area contributed by atoms with Crippen LogP contribution in [0.25, 0.3) is 0 Å². The van der Waals surface area contributed by atoms with E-state index in [1.165, 1.54) is 18.2 Å². The van der Waals surface area contributed by atoms with Gasteiger partial charge in [0.05, 0.1) is 17.7 Å². The molecule has 2 nitrogen and oxygen atoms in total. The molecule has 0 atom stereocenters. The first-order chi connectivity index (χ1) is 6.72. The van der Waals surface area contributed by atoms with Gasteiger partial charge in [-0.15, -0.1) is 0 Å². The van der Waals surface area contributed by atoms with E-state index in [1.807, 2.05) is 12.1 Å². The van der Waals surface area contributed by atoms with Gasteiger partial charge >= 0.3 is 5.97 Å². The molecule has 0 aliphatic heterocycles. The van der Waals surface area contributed by atoms with Gasteiger partial charge in [-0.1, -0.05) is 11.6 Å². The minimum absolute atomic E-state index is 0.357. The third kappa shape index (κ3) is 1.50. The molecule has 0 N–H and O–H groups in total. The fourth-order valence-corrected chi connectivity index (χ4v) is 2.12. The number of benzene rings is 1. The molecule has 14 heavy (non-hydrogen) atoms. The molecule has 0 spiro atoms. The summed E-state index contributed by atoms with van der Waals surface area (Å²) in [5.41, 5.74) is 2.98. The van der Waals surface area contributed by atoms with Crippen LogP contribution in [0.15, 0.2) is 12.1 Å². The summed E-state index contributed by atoms with van der Waals surface area (Å²) in [6.45, 7) is 0. The first kappa shape index (κ1) is 9.53. The van der Waals surface area contributed by atoms with E-state index in [0.29, 0.717) is 10.6 Å². The van der Waals surface area contributed by atoms with Crippen LogP contribution >= 0.6 is 11.6 Å². The Balaban J connectivity index is 2.47. The first-order valence-electron chi connectivity index (χ1n) is 4.62. The highest BCUT2D eigenvalue weighted by molar-refractivity contribution is 6.33. The van der Waals surface area contributed by atoms with Crippen LogP contribution in [0.5, 0.6) is 0 Å². The molecule has 1 aliphatic rings. The number of esters is 1. The van der Waals surface area contributed by atoms with Gasteiger partial charge < -0.3 is 4.74 Å². The number of methoxy groups -OCH3 is 1. The van der Waals surface area contributed by atoms with Crippen LogP contribution in [0.3, 0.4) is 0 Å². The molecular formula is C11H11ClO2. The van der Waals surface area contributed by atoms with Crippen LogP contribution in [-0.4, -0.2) is 13.1 Å². The lowest BCUT2D eigenvalue weighted by molar-refractivity contribution is 0.0601. The van der Waals surface area contributed by atoms with Gasteiger partial charge in [-0.05, 0) is 42.5 Å². The zero-order valence-electron chi connectivity index (χ0n) is 7.97. The third-order valence-corrected chi connectivity index (χ3v) is 2.90. The number of halogens is 1. The molecule has 0 saturated carbocycles. The van der Waals surface area contributed by atoms with Crippen molar-refractivity contribution in [1.29, 1.82) is 0 Å². The van der Waals surface area contributed by atoms with Crippen LogP contribution in [0.1, 0.15) is 27.9 Å². The Hall–Kier alpha value is -1.02. The van der Waals surface area contributed by atoms with E-state index < -0.39 is 0 Å². The van der Waals surface area contributed by atoms with Gasteiger partial charge in [-0.25, -0.2) is 4.79 Å². The van der Waals surface area contributed by atoms with E-state index in [4.69, 9.17) is 11.6 Å². The van der Waals surface area contributed by atoms with E-state index in [9.17, 15) is 4.79 Å². The Morgan fingerprint density at radius 2 is 2.00 bits per heavy atom. The lowest BCUT2D eigenvalue weighted by atomic mass is 10.1. The number of carbonyl (C=O) groups excluding carboxylic acids is 1. The summed E-state index contributed by atoms with van der Waals surface area (Å²) >= 11 is 5.98. The summed E-state index contributed by atoms with van der Waals surface area (Å²) in [4.78, 5) is 11.3. The van der Waals surface area contributed by atoms with E-state index in [2.05, 4.69) is 4.74 Å². The standard InChI is InChI=1S/C11H11ClO2/c1-14-11(13)9-5-7-3-2-4-8(7)6-10(9)12/h5-6H,2-4H2,1H3. The van der Waals surface area contributed by atoms with Crippen LogP contribution < -0.4 is 0 Å². The molecule has 0 bridgehead atoms. The molecule has 3 heteroatoms. The fourth-order valence-electron chi connectivity index (χ4n) is 1.86. The smallest absolute Gasteiger partial charge is 0.339 e. The Labute approximate surface area is 87.8 Å². The summed E-state index contributed by atoms with van der Waals surface area (Å²) in [5.74, 6) is -0.357. The van der Waals surface area contributed by atoms with Gasteiger partial charge in [-0.3, -0.25) is 0 Å². The topological polar surface area (TPSA) is 26.3 Å². The van der Waals surface area contributed by atoms with Crippen molar-refractivity contribution in [2.24, 2.45) is 0 Å². The van der Waals surface area contributed by atoms with Crippen LogP contribution in [0.4, 0.5) is 0 Å². The zero-order chi connectivity index (χ0) is 10.1. The predicted octanol–water partition coefficient (Wildman–Crippen LogP) is 2.62. The van der Waals surface area contributed by atoms with Crippen LogP contribution in [0, 0.1) is 0 Å². The fraction of sp³-hybridized carbons (Fsp3) is 0.364. The van der Waals surface area contributed by atoms with Gasteiger partial charge in [0.25, 0.3) is 0 Å². The summed E-state index contributed by atoms with van der Waals surface area (Å²) in [6.07, 6.45) is 3.25. The summed E-state index contributed by atoms with van der Waals surface area (Å²) < 4.78 is 4.65. The number of aryl methyl sites for hydroxylation is 2. The molecule has 0 saturated heterocycles. The van der Waals surface area contributed by atoms with E-state index >= 15 is 0 Å². The van der Waals surface area contributed by atoms with Crippen molar-refractivity contribution in [3.8, 4) is 0 Å². The molecule has 0 radical (unpaired) electrons. The second-order valence-corrected chi connectivity index (χ2v) is 3.85. The maximum Gasteiger partial charge on any atom is 0.339 e. The molecule has 0 fully saturated rings. The Morgan fingerprint density at radius 3 is 2.64 bits per heavy atom. The normalized spacial score (nSPS) is 13.9. The number of hydrogen-bond acceptors (Lipinski definition) is 2. The highest BCUT2D eigenvalue weighted by atomic mass is 35.5. The maximum atomic E-state index is 11.3.